The molecule has 0 heterocycles. The second-order valence-electron chi connectivity index (χ2n) is 5.54. The Hall–Kier alpha value is -2.08. The van der Waals surface area contributed by atoms with Gasteiger partial charge in [-0.15, -0.1) is 0 Å². The number of amides is 2. The highest BCUT2D eigenvalue weighted by Crippen LogP contribution is 2.13. The molecule has 1 atom stereocenters. The number of aliphatic hydroxyl groups is 1. The van der Waals surface area contributed by atoms with Crippen LogP contribution in [0.5, 0.6) is 0 Å². The number of aryl methyl sites for hydroxylation is 1. The molecule has 4 N–H and O–H groups in total. The van der Waals surface area contributed by atoms with Crippen LogP contribution < -0.4 is 10.6 Å². The number of carbonyl (C=O) groups excluding carboxylic acids is 1. The van der Waals surface area contributed by atoms with Gasteiger partial charge >= 0.3 is 12.0 Å². The second kappa shape index (κ2) is 7.64. The van der Waals surface area contributed by atoms with Gasteiger partial charge in [-0.3, -0.25) is 0 Å². The quantitative estimate of drug-likeness (QED) is 0.606. The molecule has 1 rings (SSSR count). The van der Waals surface area contributed by atoms with E-state index in [0.29, 0.717) is 6.42 Å². The number of carbonyl (C=O) groups is 2. The van der Waals surface area contributed by atoms with Crippen LogP contribution in [0.2, 0.25) is 0 Å². The van der Waals surface area contributed by atoms with E-state index in [1.54, 1.807) is 0 Å². The van der Waals surface area contributed by atoms with Crippen LogP contribution in [-0.4, -0.2) is 40.4 Å². The van der Waals surface area contributed by atoms with Gasteiger partial charge in [0.05, 0.1) is 6.61 Å². The van der Waals surface area contributed by atoms with Gasteiger partial charge in [0.2, 0.25) is 0 Å². The van der Waals surface area contributed by atoms with Crippen molar-refractivity contribution in [2.75, 3.05) is 6.61 Å². The summed E-state index contributed by atoms with van der Waals surface area (Å²) in [6.45, 7) is 3.08. The Morgan fingerprint density at radius 2 is 1.86 bits per heavy atom. The van der Waals surface area contributed by atoms with Gasteiger partial charge in [-0.1, -0.05) is 30.3 Å². The maximum absolute atomic E-state index is 11.7. The number of carboxylic acid groups (broad SMARTS) is 1. The van der Waals surface area contributed by atoms with Crippen LogP contribution >= 0.6 is 0 Å². The zero-order chi connectivity index (χ0) is 15.9. The molecule has 1 aromatic carbocycles. The van der Waals surface area contributed by atoms with Crippen molar-refractivity contribution in [3.8, 4) is 0 Å². The Balaban J connectivity index is 2.47. The highest BCUT2D eigenvalue weighted by Gasteiger charge is 2.24. The third-order valence-electron chi connectivity index (χ3n) is 3.12. The number of hydrogen-bond donors (Lipinski definition) is 4. The van der Waals surface area contributed by atoms with Crippen molar-refractivity contribution in [3.05, 3.63) is 35.9 Å². The fraction of sp³-hybridized carbons (Fsp3) is 0.467. The molecule has 0 radical (unpaired) electrons. The van der Waals surface area contributed by atoms with Crippen LogP contribution in [0.4, 0.5) is 4.79 Å². The Morgan fingerprint density at radius 3 is 2.38 bits per heavy atom. The first kappa shape index (κ1) is 17.0. The summed E-state index contributed by atoms with van der Waals surface area (Å²) < 4.78 is 0. The van der Waals surface area contributed by atoms with Gasteiger partial charge in [0.1, 0.15) is 0 Å². The zero-order valence-corrected chi connectivity index (χ0v) is 12.3. The van der Waals surface area contributed by atoms with Crippen LogP contribution in [0.25, 0.3) is 0 Å². The van der Waals surface area contributed by atoms with Crippen molar-refractivity contribution in [1.82, 2.24) is 10.6 Å². The summed E-state index contributed by atoms with van der Waals surface area (Å²) in [7, 11) is 0. The van der Waals surface area contributed by atoms with Crippen molar-refractivity contribution in [2.45, 2.75) is 38.3 Å². The number of hydrogen-bond acceptors (Lipinski definition) is 3. The van der Waals surface area contributed by atoms with Gasteiger partial charge in [0, 0.05) is 5.54 Å². The van der Waals surface area contributed by atoms with Crippen LogP contribution in [0.3, 0.4) is 0 Å². The number of nitrogens with one attached hydrogen (secondary N) is 2. The third kappa shape index (κ3) is 6.27. The molecule has 116 valence electrons. The van der Waals surface area contributed by atoms with Gasteiger partial charge in [-0.25, -0.2) is 9.59 Å². The Bertz CT molecular complexity index is 474. The summed E-state index contributed by atoms with van der Waals surface area (Å²) in [4.78, 5) is 22.5. The van der Waals surface area contributed by atoms with E-state index in [9.17, 15) is 9.59 Å². The molecule has 0 bridgehead atoms. The molecular weight excluding hydrogens is 272 g/mol. The molecule has 0 fully saturated rings. The summed E-state index contributed by atoms with van der Waals surface area (Å²) >= 11 is 0. The number of rotatable bonds is 7. The van der Waals surface area contributed by atoms with E-state index >= 15 is 0 Å². The topological polar surface area (TPSA) is 98.7 Å². The summed E-state index contributed by atoms with van der Waals surface area (Å²) in [6.07, 6.45) is 1.51. The third-order valence-corrected chi connectivity index (χ3v) is 3.12. The van der Waals surface area contributed by atoms with E-state index in [-0.39, 0.29) is 0 Å². The van der Waals surface area contributed by atoms with E-state index < -0.39 is 30.2 Å². The molecule has 0 aliphatic heterocycles. The van der Waals surface area contributed by atoms with E-state index in [4.69, 9.17) is 10.2 Å². The summed E-state index contributed by atoms with van der Waals surface area (Å²) in [5.41, 5.74) is 0.685. The SMILES string of the molecule is CC(C)(CCc1ccccc1)NC(=O)NC(CO)C(=O)O. The number of benzene rings is 1. The smallest absolute Gasteiger partial charge is 0.328 e. The Morgan fingerprint density at radius 1 is 1.24 bits per heavy atom. The maximum atomic E-state index is 11.7. The van der Waals surface area contributed by atoms with Gasteiger partial charge < -0.3 is 20.8 Å². The molecule has 1 unspecified atom stereocenters. The molecule has 21 heavy (non-hydrogen) atoms. The number of carboxylic acids is 1. The highest BCUT2D eigenvalue weighted by molar-refractivity contribution is 5.82. The molecule has 2 amide bonds. The van der Waals surface area contributed by atoms with E-state index in [0.717, 1.165) is 6.42 Å². The number of aliphatic hydroxyl groups excluding tert-OH is 1. The lowest BCUT2D eigenvalue weighted by atomic mass is 9.95. The van der Waals surface area contributed by atoms with Crippen molar-refractivity contribution in [1.29, 1.82) is 0 Å². The fourth-order valence-electron chi connectivity index (χ4n) is 1.85. The van der Waals surface area contributed by atoms with Gasteiger partial charge in [-0.2, -0.15) is 0 Å². The van der Waals surface area contributed by atoms with Crippen molar-refractivity contribution in [3.63, 3.8) is 0 Å². The van der Waals surface area contributed by atoms with E-state index in [1.807, 2.05) is 44.2 Å². The molecule has 0 aliphatic carbocycles. The minimum Gasteiger partial charge on any atom is -0.480 e. The van der Waals surface area contributed by atoms with Crippen LogP contribution in [0.1, 0.15) is 25.8 Å². The Labute approximate surface area is 124 Å². The van der Waals surface area contributed by atoms with Crippen LogP contribution in [0.15, 0.2) is 30.3 Å². The second-order valence-corrected chi connectivity index (χ2v) is 5.54. The average Bonchev–Trinajstić information content (AvgIpc) is 2.43. The van der Waals surface area contributed by atoms with Crippen molar-refractivity contribution >= 4 is 12.0 Å². The molecule has 0 spiro atoms. The summed E-state index contributed by atoms with van der Waals surface area (Å²) in [5, 5.41) is 22.6. The average molecular weight is 294 g/mol. The number of urea groups is 1. The fourth-order valence-corrected chi connectivity index (χ4v) is 1.85. The predicted octanol–water partition coefficient (Wildman–Crippen LogP) is 1.14. The molecule has 0 saturated carbocycles. The summed E-state index contributed by atoms with van der Waals surface area (Å²) in [6, 6.07) is 8.00. The molecule has 6 heteroatoms. The lowest BCUT2D eigenvalue weighted by Crippen LogP contribution is -2.53. The van der Waals surface area contributed by atoms with Gasteiger partial charge in [0.15, 0.2) is 6.04 Å². The molecule has 6 nitrogen and oxygen atoms in total. The first-order valence-corrected chi connectivity index (χ1v) is 6.80. The van der Waals surface area contributed by atoms with E-state index in [1.165, 1.54) is 5.56 Å². The highest BCUT2D eigenvalue weighted by atomic mass is 16.4. The molecule has 0 saturated heterocycles. The monoisotopic (exact) mass is 294 g/mol. The van der Waals surface area contributed by atoms with E-state index in [2.05, 4.69) is 10.6 Å². The standard InChI is InChI=1S/C15H22N2O4/c1-15(2,9-8-11-6-4-3-5-7-11)17-14(21)16-12(10-18)13(19)20/h3-7,12,18H,8-10H2,1-2H3,(H,19,20)(H2,16,17,21). The normalized spacial score (nSPS) is 12.5. The first-order chi connectivity index (χ1) is 9.84. The van der Waals surface area contributed by atoms with Crippen LogP contribution in [0, 0.1) is 0 Å². The molecule has 1 aromatic rings. The van der Waals surface area contributed by atoms with Gasteiger partial charge in [0.25, 0.3) is 0 Å². The minimum atomic E-state index is -1.30. The zero-order valence-electron chi connectivity index (χ0n) is 12.3. The summed E-state index contributed by atoms with van der Waals surface area (Å²) in [5.74, 6) is -1.27. The van der Waals surface area contributed by atoms with Gasteiger partial charge in [-0.05, 0) is 32.3 Å². The van der Waals surface area contributed by atoms with Crippen LogP contribution in [-0.2, 0) is 11.2 Å². The molecule has 0 aliphatic rings. The lowest BCUT2D eigenvalue weighted by molar-refractivity contribution is -0.140. The largest absolute Gasteiger partial charge is 0.480 e. The lowest BCUT2D eigenvalue weighted by Gasteiger charge is -2.27. The maximum Gasteiger partial charge on any atom is 0.328 e. The molecule has 0 aromatic heterocycles. The van der Waals surface area contributed by atoms with Crippen molar-refractivity contribution in [2.24, 2.45) is 0 Å². The minimum absolute atomic E-state index is 0.488. The van der Waals surface area contributed by atoms with Crippen molar-refractivity contribution < 1.29 is 19.8 Å². The Kier molecular flexibility index (Phi) is 6.17. The number of aliphatic carboxylic acids is 1. The predicted molar refractivity (Wildman–Crippen MR) is 79.0 cm³/mol. The molecular formula is C15H22N2O4. The first-order valence-electron chi connectivity index (χ1n) is 6.80.